The topological polar surface area (TPSA) is 40.5 Å². The van der Waals surface area contributed by atoms with E-state index in [1.165, 1.54) is 19.3 Å². The Hall–Kier alpha value is -0.520. The maximum Gasteiger partial charge on any atom is 0.140 e. The molecule has 0 aliphatic heterocycles. The molecule has 0 aromatic carbocycles. The molecular weight excluding hydrogens is 200 g/mol. The minimum Gasteiger partial charge on any atom is -0.389 e. The fraction of sp³-hybridized carbons (Fsp3) is 0.857. The van der Waals surface area contributed by atoms with E-state index in [2.05, 4.69) is 18.8 Å². The number of hydrogen-bond acceptors (Lipinski definition) is 2. The van der Waals surface area contributed by atoms with E-state index in [1.807, 2.05) is 0 Å². The van der Waals surface area contributed by atoms with Crippen molar-refractivity contribution in [1.29, 1.82) is 0 Å². The average molecular weight is 224 g/mol. The first-order valence-electron chi connectivity index (χ1n) is 6.60. The van der Waals surface area contributed by atoms with Crippen LogP contribution in [0.15, 0.2) is 0 Å². The third kappa shape index (κ3) is 4.55. The zero-order valence-corrected chi connectivity index (χ0v) is 10.3. The van der Waals surface area contributed by atoms with Crippen molar-refractivity contribution in [3.05, 3.63) is 0 Å². The highest BCUT2D eigenvalue weighted by molar-refractivity contribution is 5.07. The molecule has 2 heteroatoms. The molecule has 0 aromatic heterocycles. The van der Waals surface area contributed by atoms with Gasteiger partial charge in [-0.1, -0.05) is 38.5 Å². The van der Waals surface area contributed by atoms with E-state index in [0.717, 1.165) is 32.1 Å². The monoisotopic (exact) mass is 224 g/mol. The second kappa shape index (κ2) is 7.70. The zero-order valence-electron chi connectivity index (χ0n) is 10.3. The van der Waals surface area contributed by atoms with Crippen molar-refractivity contribution in [2.24, 2.45) is 5.92 Å². The number of hydrogen-bond donors (Lipinski definition) is 2. The average Bonchev–Trinajstić information content (AvgIpc) is 2.34. The molecule has 2 atom stereocenters. The Morgan fingerprint density at radius 2 is 1.88 bits per heavy atom. The molecule has 2 nitrogen and oxygen atoms in total. The summed E-state index contributed by atoms with van der Waals surface area (Å²) >= 11 is 0. The van der Waals surface area contributed by atoms with Gasteiger partial charge < -0.3 is 10.2 Å². The molecule has 1 fully saturated rings. The van der Waals surface area contributed by atoms with Gasteiger partial charge in [-0.3, -0.25) is 0 Å². The molecule has 0 bridgehead atoms. The maximum absolute atomic E-state index is 9.95. The number of aliphatic hydroxyl groups excluding tert-OH is 2. The van der Waals surface area contributed by atoms with Gasteiger partial charge in [0.2, 0.25) is 0 Å². The van der Waals surface area contributed by atoms with Gasteiger partial charge >= 0.3 is 0 Å². The largest absolute Gasteiger partial charge is 0.389 e. The molecule has 0 unspecified atom stereocenters. The van der Waals surface area contributed by atoms with Gasteiger partial charge in [0.15, 0.2) is 0 Å². The minimum absolute atomic E-state index is 0.254. The standard InChI is InChI=1S/C14H24O2/c1-2-3-4-8-11-13(15)14(16)12-9-6-5-7-10-12/h12-16H,2-7,9-10H2,1H3/t13-,14+/m1/s1. The van der Waals surface area contributed by atoms with Crippen LogP contribution in [0.1, 0.15) is 58.3 Å². The molecule has 16 heavy (non-hydrogen) atoms. The summed E-state index contributed by atoms with van der Waals surface area (Å²) in [5, 5.41) is 19.7. The van der Waals surface area contributed by atoms with Crippen LogP contribution in [0, 0.1) is 17.8 Å². The van der Waals surface area contributed by atoms with Crippen molar-refractivity contribution < 1.29 is 10.2 Å². The lowest BCUT2D eigenvalue weighted by Gasteiger charge is -2.27. The van der Waals surface area contributed by atoms with E-state index in [9.17, 15) is 10.2 Å². The zero-order chi connectivity index (χ0) is 11.8. The van der Waals surface area contributed by atoms with Crippen LogP contribution in [-0.4, -0.2) is 22.4 Å². The molecule has 0 radical (unpaired) electrons. The van der Waals surface area contributed by atoms with Gasteiger partial charge in [-0.2, -0.15) is 0 Å². The normalized spacial score (nSPS) is 20.9. The van der Waals surface area contributed by atoms with Crippen molar-refractivity contribution in [2.45, 2.75) is 70.5 Å². The van der Waals surface area contributed by atoms with E-state index < -0.39 is 12.2 Å². The molecule has 92 valence electrons. The van der Waals surface area contributed by atoms with Gasteiger partial charge in [-0.15, -0.1) is 5.92 Å². The first-order chi connectivity index (χ1) is 7.75. The van der Waals surface area contributed by atoms with Crippen molar-refractivity contribution >= 4 is 0 Å². The molecule has 2 N–H and O–H groups in total. The molecular formula is C14H24O2. The lowest BCUT2D eigenvalue weighted by Crippen LogP contribution is -2.33. The van der Waals surface area contributed by atoms with Crippen LogP contribution in [0.5, 0.6) is 0 Å². The van der Waals surface area contributed by atoms with Crippen molar-refractivity contribution in [2.75, 3.05) is 0 Å². The smallest absolute Gasteiger partial charge is 0.140 e. The van der Waals surface area contributed by atoms with E-state index in [-0.39, 0.29) is 5.92 Å². The summed E-state index contributed by atoms with van der Waals surface area (Å²) in [6, 6.07) is 0. The molecule has 0 aromatic rings. The first kappa shape index (κ1) is 13.5. The molecule has 1 aliphatic carbocycles. The molecule has 0 amide bonds. The van der Waals surface area contributed by atoms with E-state index in [1.54, 1.807) is 0 Å². The summed E-state index contributed by atoms with van der Waals surface area (Å²) in [5.41, 5.74) is 0. The Bertz CT molecular complexity index is 233. The molecule has 1 aliphatic rings. The predicted octanol–water partition coefficient (Wildman–Crippen LogP) is 2.48. The Balaban J connectivity index is 2.32. The van der Waals surface area contributed by atoms with Gasteiger partial charge in [0.1, 0.15) is 6.10 Å². The van der Waals surface area contributed by atoms with Gasteiger partial charge in [0.25, 0.3) is 0 Å². The molecule has 0 saturated heterocycles. The fourth-order valence-electron chi connectivity index (χ4n) is 2.26. The number of aliphatic hydroxyl groups is 2. The SMILES string of the molecule is CCCCC#C[C@@H](O)[C@@H](O)C1CCCCC1. The molecule has 0 spiro atoms. The van der Waals surface area contributed by atoms with Crippen molar-refractivity contribution in [1.82, 2.24) is 0 Å². The molecule has 1 rings (SSSR count). The van der Waals surface area contributed by atoms with Gasteiger partial charge in [-0.05, 0) is 25.2 Å². The van der Waals surface area contributed by atoms with Gasteiger partial charge in [0.05, 0.1) is 6.10 Å². The lowest BCUT2D eigenvalue weighted by molar-refractivity contribution is 0.000651. The van der Waals surface area contributed by atoms with Crippen LogP contribution in [0.3, 0.4) is 0 Å². The van der Waals surface area contributed by atoms with Crippen LogP contribution in [-0.2, 0) is 0 Å². The summed E-state index contributed by atoms with van der Waals surface area (Å²) in [6.07, 6.45) is 7.22. The summed E-state index contributed by atoms with van der Waals surface area (Å²) in [6.45, 7) is 2.12. The van der Waals surface area contributed by atoms with Crippen LogP contribution in [0.25, 0.3) is 0 Å². The highest BCUT2D eigenvalue weighted by Gasteiger charge is 2.26. The minimum atomic E-state index is -0.847. The Morgan fingerprint density at radius 3 is 2.50 bits per heavy atom. The highest BCUT2D eigenvalue weighted by atomic mass is 16.3. The summed E-state index contributed by atoms with van der Waals surface area (Å²) < 4.78 is 0. The molecule has 1 saturated carbocycles. The van der Waals surface area contributed by atoms with Crippen molar-refractivity contribution in [3.63, 3.8) is 0 Å². The quantitative estimate of drug-likeness (QED) is 0.569. The van der Waals surface area contributed by atoms with Crippen LogP contribution in [0.4, 0.5) is 0 Å². The third-order valence-corrected chi connectivity index (χ3v) is 3.36. The Morgan fingerprint density at radius 1 is 1.19 bits per heavy atom. The maximum atomic E-state index is 9.95. The second-order valence-electron chi connectivity index (χ2n) is 4.76. The highest BCUT2D eigenvalue weighted by Crippen LogP contribution is 2.27. The Labute approximate surface area is 99.1 Å². The first-order valence-corrected chi connectivity index (χ1v) is 6.60. The van der Waals surface area contributed by atoms with E-state index >= 15 is 0 Å². The van der Waals surface area contributed by atoms with Crippen LogP contribution >= 0.6 is 0 Å². The van der Waals surface area contributed by atoms with E-state index in [4.69, 9.17) is 0 Å². The number of rotatable bonds is 4. The second-order valence-corrected chi connectivity index (χ2v) is 4.76. The number of unbranched alkanes of at least 4 members (excludes halogenated alkanes) is 2. The summed E-state index contributed by atoms with van der Waals surface area (Å²) in [7, 11) is 0. The van der Waals surface area contributed by atoms with Crippen molar-refractivity contribution in [3.8, 4) is 11.8 Å². The van der Waals surface area contributed by atoms with Crippen LogP contribution in [0.2, 0.25) is 0 Å². The third-order valence-electron chi connectivity index (χ3n) is 3.36. The van der Waals surface area contributed by atoms with Crippen LogP contribution < -0.4 is 0 Å². The van der Waals surface area contributed by atoms with Gasteiger partial charge in [0, 0.05) is 6.42 Å². The van der Waals surface area contributed by atoms with Gasteiger partial charge in [-0.25, -0.2) is 0 Å². The summed E-state index contributed by atoms with van der Waals surface area (Å²) in [5.74, 6) is 5.97. The Kier molecular flexibility index (Phi) is 6.52. The predicted molar refractivity (Wildman–Crippen MR) is 65.9 cm³/mol. The fourth-order valence-corrected chi connectivity index (χ4v) is 2.26. The lowest BCUT2D eigenvalue weighted by atomic mass is 9.83. The molecule has 0 heterocycles. The summed E-state index contributed by atoms with van der Waals surface area (Å²) in [4.78, 5) is 0. The van der Waals surface area contributed by atoms with E-state index in [0.29, 0.717) is 0 Å².